The maximum atomic E-state index is 11.1. The lowest BCUT2D eigenvalue weighted by molar-refractivity contribution is 0.112. The molecule has 0 heterocycles. The van der Waals surface area contributed by atoms with Crippen LogP contribution in [0.2, 0.25) is 0 Å². The molecule has 0 saturated heterocycles. The lowest BCUT2D eigenvalue weighted by atomic mass is 9.98. The lowest BCUT2D eigenvalue weighted by Gasteiger charge is -2.14. The van der Waals surface area contributed by atoms with Crippen LogP contribution in [-0.2, 0) is 6.61 Å². The van der Waals surface area contributed by atoms with Gasteiger partial charge in [0.2, 0.25) is 0 Å². The molecular formula is C17H18O2. The number of rotatable bonds is 4. The molecule has 0 saturated carbocycles. The molecule has 98 valence electrons. The highest BCUT2D eigenvalue weighted by molar-refractivity contribution is 5.81. The van der Waals surface area contributed by atoms with Gasteiger partial charge in [0, 0.05) is 5.56 Å². The zero-order valence-corrected chi connectivity index (χ0v) is 11.6. The number of carbonyl (C=O) groups is 1. The van der Waals surface area contributed by atoms with Crippen molar-refractivity contribution in [2.24, 2.45) is 0 Å². The van der Waals surface area contributed by atoms with E-state index in [-0.39, 0.29) is 0 Å². The molecule has 0 aromatic heterocycles. The van der Waals surface area contributed by atoms with Crippen LogP contribution in [0.15, 0.2) is 36.4 Å². The third kappa shape index (κ3) is 2.84. The van der Waals surface area contributed by atoms with Crippen LogP contribution in [0.3, 0.4) is 0 Å². The SMILES string of the molecule is Cc1cc(OCc2ccccc2)c(C)c(C)c1C=O. The summed E-state index contributed by atoms with van der Waals surface area (Å²) in [6.45, 7) is 6.43. The monoisotopic (exact) mass is 254 g/mol. The van der Waals surface area contributed by atoms with Gasteiger partial charge in [-0.25, -0.2) is 0 Å². The van der Waals surface area contributed by atoms with E-state index in [0.717, 1.165) is 39.9 Å². The largest absolute Gasteiger partial charge is 0.489 e. The Balaban J connectivity index is 2.24. The van der Waals surface area contributed by atoms with E-state index in [1.54, 1.807) is 0 Å². The van der Waals surface area contributed by atoms with Crippen LogP contribution in [0.4, 0.5) is 0 Å². The van der Waals surface area contributed by atoms with Crippen LogP contribution >= 0.6 is 0 Å². The molecule has 0 aliphatic heterocycles. The minimum Gasteiger partial charge on any atom is -0.489 e. The molecule has 0 aliphatic rings. The number of hydrogen-bond acceptors (Lipinski definition) is 2. The van der Waals surface area contributed by atoms with Crippen molar-refractivity contribution in [1.29, 1.82) is 0 Å². The predicted octanol–water partition coefficient (Wildman–Crippen LogP) is 4.00. The second-order valence-corrected chi connectivity index (χ2v) is 4.75. The molecule has 19 heavy (non-hydrogen) atoms. The van der Waals surface area contributed by atoms with Gasteiger partial charge in [0.25, 0.3) is 0 Å². The van der Waals surface area contributed by atoms with Crippen molar-refractivity contribution in [2.45, 2.75) is 27.4 Å². The Kier molecular flexibility index (Phi) is 4.00. The van der Waals surface area contributed by atoms with Gasteiger partial charge >= 0.3 is 0 Å². The molecule has 2 aromatic carbocycles. The molecule has 0 spiro atoms. The zero-order chi connectivity index (χ0) is 13.8. The average Bonchev–Trinajstić information content (AvgIpc) is 2.43. The molecule has 2 rings (SSSR count). The molecule has 0 N–H and O–H groups in total. The maximum absolute atomic E-state index is 11.1. The molecule has 0 amide bonds. The molecule has 0 fully saturated rings. The summed E-state index contributed by atoms with van der Waals surface area (Å²) in [7, 11) is 0. The second-order valence-electron chi connectivity index (χ2n) is 4.75. The van der Waals surface area contributed by atoms with Gasteiger partial charge in [-0.1, -0.05) is 30.3 Å². The zero-order valence-electron chi connectivity index (χ0n) is 11.6. The van der Waals surface area contributed by atoms with Gasteiger partial charge in [-0.3, -0.25) is 4.79 Å². The number of aldehydes is 1. The summed E-state index contributed by atoms with van der Waals surface area (Å²) in [5.41, 5.74) is 4.89. The van der Waals surface area contributed by atoms with Gasteiger partial charge in [0.05, 0.1) is 0 Å². The molecule has 0 unspecified atom stereocenters. The second kappa shape index (κ2) is 5.70. The molecule has 2 heteroatoms. The Morgan fingerprint density at radius 3 is 2.37 bits per heavy atom. The highest BCUT2D eigenvalue weighted by Crippen LogP contribution is 2.27. The summed E-state index contributed by atoms with van der Waals surface area (Å²) in [4.78, 5) is 11.1. The summed E-state index contributed by atoms with van der Waals surface area (Å²) in [5, 5.41) is 0. The Hall–Kier alpha value is -2.09. The van der Waals surface area contributed by atoms with E-state index < -0.39 is 0 Å². The topological polar surface area (TPSA) is 26.3 Å². The van der Waals surface area contributed by atoms with Gasteiger partial charge in [0.1, 0.15) is 12.4 Å². The van der Waals surface area contributed by atoms with Crippen molar-refractivity contribution in [1.82, 2.24) is 0 Å². The van der Waals surface area contributed by atoms with Gasteiger partial charge in [-0.2, -0.15) is 0 Å². The van der Waals surface area contributed by atoms with Crippen molar-refractivity contribution >= 4 is 6.29 Å². The van der Waals surface area contributed by atoms with E-state index in [4.69, 9.17) is 4.74 Å². The first-order chi connectivity index (χ1) is 9.13. The first-order valence-electron chi connectivity index (χ1n) is 6.36. The van der Waals surface area contributed by atoms with E-state index in [1.165, 1.54) is 0 Å². The minimum absolute atomic E-state index is 0.543. The molecule has 2 aromatic rings. The first kappa shape index (κ1) is 13.3. The molecule has 0 atom stereocenters. The number of carbonyl (C=O) groups excluding carboxylic acids is 1. The molecule has 0 radical (unpaired) electrons. The lowest BCUT2D eigenvalue weighted by Crippen LogP contribution is -2.01. The highest BCUT2D eigenvalue weighted by atomic mass is 16.5. The molecule has 0 bridgehead atoms. The standard InChI is InChI=1S/C17H18O2/c1-12-9-17(14(3)13(2)16(12)10-18)19-11-15-7-5-4-6-8-15/h4-10H,11H2,1-3H3. The third-order valence-corrected chi connectivity index (χ3v) is 3.46. The van der Waals surface area contributed by atoms with E-state index in [9.17, 15) is 4.79 Å². The smallest absolute Gasteiger partial charge is 0.150 e. The first-order valence-corrected chi connectivity index (χ1v) is 6.36. The Bertz CT molecular complexity index is 586. The van der Waals surface area contributed by atoms with Crippen LogP contribution in [0.25, 0.3) is 0 Å². The average molecular weight is 254 g/mol. The molecular weight excluding hydrogens is 236 g/mol. The van der Waals surface area contributed by atoms with E-state index in [1.807, 2.05) is 57.2 Å². The van der Waals surface area contributed by atoms with Crippen molar-refractivity contribution in [2.75, 3.05) is 0 Å². The Labute approximate surface area is 114 Å². The Morgan fingerprint density at radius 1 is 1.05 bits per heavy atom. The highest BCUT2D eigenvalue weighted by Gasteiger charge is 2.10. The predicted molar refractivity (Wildman–Crippen MR) is 76.8 cm³/mol. The fourth-order valence-corrected chi connectivity index (χ4v) is 2.13. The number of ether oxygens (including phenoxy) is 1. The van der Waals surface area contributed by atoms with Gasteiger partial charge in [-0.05, 0) is 49.1 Å². The van der Waals surface area contributed by atoms with Crippen molar-refractivity contribution in [3.8, 4) is 5.75 Å². The van der Waals surface area contributed by atoms with Gasteiger partial charge in [-0.15, -0.1) is 0 Å². The van der Waals surface area contributed by atoms with Crippen LogP contribution in [0.5, 0.6) is 5.75 Å². The number of hydrogen-bond donors (Lipinski definition) is 0. The van der Waals surface area contributed by atoms with E-state index in [2.05, 4.69) is 0 Å². The van der Waals surface area contributed by atoms with Crippen LogP contribution < -0.4 is 4.74 Å². The molecule has 2 nitrogen and oxygen atoms in total. The fraction of sp³-hybridized carbons (Fsp3) is 0.235. The van der Waals surface area contributed by atoms with Crippen LogP contribution in [-0.4, -0.2) is 6.29 Å². The summed E-state index contributed by atoms with van der Waals surface area (Å²) in [6.07, 6.45) is 0.915. The van der Waals surface area contributed by atoms with E-state index in [0.29, 0.717) is 6.61 Å². The van der Waals surface area contributed by atoms with Crippen molar-refractivity contribution < 1.29 is 9.53 Å². The quantitative estimate of drug-likeness (QED) is 0.771. The van der Waals surface area contributed by atoms with Crippen molar-refractivity contribution in [3.05, 3.63) is 64.2 Å². The number of aryl methyl sites for hydroxylation is 1. The van der Waals surface area contributed by atoms with Crippen LogP contribution in [0, 0.1) is 20.8 Å². The number of benzene rings is 2. The van der Waals surface area contributed by atoms with Crippen molar-refractivity contribution in [3.63, 3.8) is 0 Å². The summed E-state index contributed by atoms with van der Waals surface area (Å²) in [5.74, 6) is 0.851. The fourth-order valence-electron chi connectivity index (χ4n) is 2.13. The summed E-state index contributed by atoms with van der Waals surface area (Å²) in [6, 6.07) is 12.0. The molecule has 0 aliphatic carbocycles. The van der Waals surface area contributed by atoms with Crippen LogP contribution in [0.1, 0.15) is 32.6 Å². The van der Waals surface area contributed by atoms with Gasteiger partial charge in [0.15, 0.2) is 6.29 Å². The Morgan fingerprint density at radius 2 is 1.74 bits per heavy atom. The van der Waals surface area contributed by atoms with Gasteiger partial charge < -0.3 is 4.74 Å². The minimum atomic E-state index is 0.543. The summed E-state index contributed by atoms with van der Waals surface area (Å²) < 4.78 is 5.87. The third-order valence-electron chi connectivity index (χ3n) is 3.46. The summed E-state index contributed by atoms with van der Waals surface area (Å²) >= 11 is 0. The van der Waals surface area contributed by atoms with E-state index >= 15 is 0 Å². The maximum Gasteiger partial charge on any atom is 0.150 e. The normalized spacial score (nSPS) is 10.3.